The Morgan fingerprint density at radius 2 is 2.00 bits per heavy atom. The molecule has 8 heteroatoms. The van der Waals surface area contributed by atoms with Gasteiger partial charge in [0.2, 0.25) is 0 Å². The van der Waals surface area contributed by atoms with Crippen LogP contribution in [-0.2, 0) is 16.0 Å². The molecule has 0 bridgehead atoms. The normalized spacial score (nSPS) is 21.8. The van der Waals surface area contributed by atoms with Crippen LogP contribution in [0.4, 0.5) is 5.69 Å². The largest absolute Gasteiger partial charge is 0.459 e. The van der Waals surface area contributed by atoms with Gasteiger partial charge in [-0.3, -0.25) is 4.79 Å². The molecule has 0 radical (unpaired) electrons. The maximum absolute atomic E-state index is 12.1. The second kappa shape index (κ2) is 10.5. The number of benzene rings is 1. The molecule has 0 aliphatic carbocycles. The van der Waals surface area contributed by atoms with E-state index in [1.165, 1.54) is 6.26 Å². The van der Waals surface area contributed by atoms with Crippen LogP contribution in [0, 0.1) is 0 Å². The van der Waals surface area contributed by atoms with Gasteiger partial charge < -0.3 is 29.4 Å². The number of nitrogens with one attached hydrogen (secondary N) is 2. The Hall–Kier alpha value is -2.84. The van der Waals surface area contributed by atoms with Crippen molar-refractivity contribution in [3.05, 3.63) is 54.0 Å². The highest BCUT2D eigenvalue weighted by Crippen LogP contribution is 2.21. The van der Waals surface area contributed by atoms with Crippen LogP contribution in [-0.4, -0.2) is 61.8 Å². The zero-order valence-corrected chi connectivity index (χ0v) is 17.9. The highest BCUT2D eigenvalue weighted by molar-refractivity contribution is 6.02. The number of amides is 1. The van der Waals surface area contributed by atoms with Gasteiger partial charge in [0, 0.05) is 31.9 Å². The summed E-state index contributed by atoms with van der Waals surface area (Å²) < 4.78 is 16.9. The van der Waals surface area contributed by atoms with E-state index >= 15 is 0 Å². The summed E-state index contributed by atoms with van der Waals surface area (Å²) in [4.78, 5) is 19.2. The van der Waals surface area contributed by atoms with E-state index in [4.69, 9.17) is 18.9 Å². The molecule has 2 aliphatic rings. The van der Waals surface area contributed by atoms with Gasteiger partial charge in [0.05, 0.1) is 25.5 Å². The quantitative estimate of drug-likeness (QED) is 0.546. The third-order valence-electron chi connectivity index (χ3n) is 5.48. The molecule has 2 atom stereocenters. The van der Waals surface area contributed by atoms with Crippen molar-refractivity contribution >= 4 is 17.6 Å². The second-order valence-corrected chi connectivity index (χ2v) is 7.71. The first-order valence-corrected chi connectivity index (χ1v) is 10.9. The number of ether oxygens (including phenoxy) is 2. The van der Waals surface area contributed by atoms with Crippen molar-refractivity contribution in [2.45, 2.75) is 38.5 Å². The number of rotatable bonds is 6. The number of aliphatic imine (C=N–C) groups is 1. The average molecular weight is 427 g/mol. The molecule has 8 nitrogen and oxygen atoms in total. The number of guanidine groups is 1. The lowest BCUT2D eigenvalue weighted by molar-refractivity contribution is -0.0817. The Labute approximate surface area is 182 Å². The average Bonchev–Trinajstić information content (AvgIpc) is 3.52. The number of carbonyl (C=O) groups excluding carboxylic acids is 1. The monoisotopic (exact) mass is 426 g/mol. The standard InChI is InChI=1S/C23H30N4O4/c1-2-24-23(27-11-14-31-21(16-27)19-5-3-12-29-19)25-15-17-7-9-18(10-8-17)26-22(28)20-6-4-13-30-20/h4,6-10,13,19,21H,2-3,5,11-12,14-16H2,1H3,(H,24,25)(H,26,28). The summed E-state index contributed by atoms with van der Waals surface area (Å²) >= 11 is 0. The molecular weight excluding hydrogens is 396 g/mol. The molecule has 2 saturated heterocycles. The van der Waals surface area contributed by atoms with E-state index in [1.807, 2.05) is 24.3 Å². The van der Waals surface area contributed by atoms with Gasteiger partial charge in [-0.05, 0) is 49.6 Å². The first-order valence-electron chi connectivity index (χ1n) is 10.9. The van der Waals surface area contributed by atoms with Crippen molar-refractivity contribution in [1.82, 2.24) is 10.2 Å². The van der Waals surface area contributed by atoms with Gasteiger partial charge in [0.15, 0.2) is 11.7 Å². The molecule has 31 heavy (non-hydrogen) atoms. The van der Waals surface area contributed by atoms with Crippen LogP contribution in [0.2, 0.25) is 0 Å². The Morgan fingerprint density at radius 3 is 2.71 bits per heavy atom. The molecule has 2 fully saturated rings. The third kappa shape index (κ3) is 5.65. The molecule has 2 aromatic rings. The molecule has 2 N–H and O–H groups in total. The number of furan rings is 1. The van der Waals surface area contributed by atoms with E-state index < -0.39 is 0 Å². The number of hydrogen-bond acceptors (Lipinski definition) is 5. The number of morpholine rings is 1. The molecule has 166 valence electrons. The molecule has 2 unspecified atom stereocenters. The second-order valence-electron chi connectivity index (χ2n) is 7.71. The Balaban J connectivity index is 1.36. The van der Waals surface area contributed by atoms with Gasteiger partial charge in [-0.2, -0.15) is 0 Å². The van der Waals surface area contributed by atoms with Crippen molar-refractivity contribution in [1.29, 1.82) is 0 Å². The number of anilines is 1. The van der Waals surface area contributed by atoms with E-state index in [1.54, 1.807) is 12.1 Å². The van der Waals surface area contributed by atoms with Gasteiger partial charge >= 0.3 is 0 Å². The molecule has 1 amide bonds. The molecule has 0 saturated carbocycles. The van der Waals surface area contributed by atoms with Crippen molar-refractivity contribution in [3.63, 3.8) is 0 Å². The van der Waals surface area contributed by atoms with E-state index in [-0.39, 0.29) is 23.9 Å². The van der Waals surface area contributed by atoms with E-state index in [0.717, 1.165) is 50.6 Å². The summed E-state index contributed by atoms with van der Waals surface area (Å²) in [6.45, 7) is 6.54. The van der Waals surface area contributed by atoms with Crippen LogP contribution in [0.3, 0.4) is 0 Å². The van der Waals surface area contributed by atoms with Gasteiger partial charge in [0.25, 0.3) is 5.91 Å². The maximum Gasteiger partial charge on any atom is 0.291 e. The number of hydrogen-bond donors (Lipinski definition) is 2. The zero-order chi connectivity index (χ0) is 21.5. The molecule has 0 spiro atoms. The fourth-order valence-electron chi connectivity index (χ4n) is 3.87. The zero-order valence-electron chi connectivity index (χ0n) is 17.9. The van der Waals surface area contributed by atoms with Gasteiger partial charge in [-0.15, -0.1) is 0 Å². The highest BCUT2D eigenvalue weighted by atomic mass is 16.5. The minimum atomic E-state index is -0.265. The maximum atomic E-state index is 12.1. The fourth-order valence-corrected chi connectivity index (χ4v) is 3.87. The predicted molar refractivity (Wildman–Crippen MR) is 118 cm³/mol. The molecule has 2 aliphatic heterocycles. The minimum absolute atomic E-state index is 0.0946. The molecule has 1 aromatic carbocycles. The molecule has 4 rings (SSSR count). The summed E-state index contributed by atoms with van der Waals surface area (Å²) in [6, 6.07) is 11.0. The van der Waals surface area contributed by atoms with Crippen LogP contribution in [0.1, 0.15) is 35.9 Å². The van der Waals surface area contributed by atoms with Gasteiger partial charge in [-0.25, -0.2) is 4.99 Å². The van der Waals surface area contributed by atoms with Crippen molar-refractivity contribution in [2.24, 2.45) is 4.99 Å². The smallest absolute Gasteiger partial charge is 0.291 e. The number of nitrogens with zero attached hydrogens (tertiary/aromatic N) is 2. The predicted octanol–water partition coefficient (Wildman–Crippen LogP) is 2.88. The van der Waals surface area contributed by atoms with Crippen LogP contribution in [0.25, 0.3) is 0 Å². The molecule has 3 heterocycles. The van der Waals surface area contributed by atoms with Crippen LogP contribution >= 0.6 is 0 Å². The lowest BCUT2D eigenvalue weighted by atomic mass is 10.1. The van der Waals surface area contributed by atoms with E-state index in [9.17, 15) is 4.79 Å². The van der Waals surface area contributed by atoms with Gasteiger partial charge in [0.1, 0.15) is 6.10 Å². The SMILES string of the molecule is CCNC(=NCc1ccc(NC(=O)c2ccco2)cc1)N1CCOC(C2CCCO2)C1. The topological polar surface area (TPSA) is 88.3 Å². The molecule has 1 aromatic heterocycles. The highest BCUT2D eigenvalue weighted by Gasteiger charge is 2.32. The molecular formula is C23H30N4O4. The van der Waals surface area contributed by atoms with Crippen molar-refractivity contribution < 1.29 is 18.7 Å². The Bertz CT molecular complexity index is 860. The Morgan fingerprint density at radius 1 is 1.16 bits per heavy atom. The lowest BCUT2D eigenvalue weighted by Gasteiger charge is -2.37. The van der Waals surface area contributed by atoms with E-state index in [2.05, 4.69) is 22.5 Å². The first-order chi connectivity index (χ1) is 15.2. The summed E-state index contributed by atoms with van der Waals surface area (Å²) in [5.41, 5.74) is 1.78. The third-order valence-corrected chi connectivity index (χ3v) is 5.48. The first kappa shape index (κ1) is 21.4. The summed E-state index contributed by atoms with van der Waals surface area (Å²) in [6.07, 6.45) is 3.94. The van der Waals surface area contributed by atoms with Crippen LogP contribution in [0.5, 0.6) is 0 Å². The summed E-state index contributed by atoms with van der Waals surface area (Å²) in [5.74, 6) is 0.915. The number of carbonyl (C=O) groups is 1. The fraction of sp³-hybridized carbons (Fsp3) is 0.478. The van der Waals surface area contributed by atoms with Crippen molar-refractivity contribution in [3.8, 4) is 0 Å². The summed E-state index contributed by atoms with van der Waals surface area (Å²) in [5, 5.41) is 6.22. The minimum Gasteiger partial charge on any atom is -0.459 e. The van der Waals surface area contributed by atoms with E-state index in [0.29, 0.717) is 18.8 Å². The lowest BCUT2D eigenvalue weighted by Crippen LogP contribution is -2.53. The van der Waals surface area contributed by atoms with Crippen LogP contribution in [0.15, 0.2) is 52.1 Å². The van der Waals surface area contributed by atoms with Crippen LogP contribution < -0.4 is 10.6 Å². The Kier molecular flexibility index (Phi) is 7.22. The van der Waals surface area contributed by atoms with Gasteiger partial charge in [-0.1, -0.05) is 12.1 Å². The summed E-state index contributed by atoms with van der Waals surface area (Å²) in [7, 11) is 0. The van der Waals surface area contributed by atoms with Crippen molar-refractivity contribution in [2.75, 3.05) is 38.2 Å².